The maximum Gasteiger partial charge on any atom is 0.324 e. The lowest BCUT2D eigenvalue weighted by atomic mass is 10.2. The summed E-state index contributed by atoms with van der Waals surface area (Å²) in [7, 11) is 0. The zero-order chi connectivity index (χ0) is 17.1. The first-order valence-corrected chi connectivity index (χ1v) is 8.74. The number of carbonyl (C=O) groups excluding carboxylic acids is 2. The second kappa shape index (κ2) is 7.30. The summed E-state index contributed by atoms with van der Waals surface area (Å²) in [6.07, 6.45) is 4.78. The van der Waals surface area contributed by atoms with Crippen molar-refractivity contribution in [2.24, 2.45) is 0 Å². The minimum absolute atomic E-state index is 0.246. The van der Waals surface area contributed by atoms with Crippen LogP contribution >= 0.6 is 11.6 Å². The molecule has 1 saturated carbocycles. The quantitative estimate of drug-likeness (QED) is 0.855. The number of ether oxygens (including phenoxy) is 1. The number of rotatable bonds is 5. The fourth-order valence-electron chi connectivity index (χ4n) is 3.10. The summed E-state index contributed by atoms with van der Waals surface area (Å²) < 4.78 is 5.92. The molecule has 24 heavy (non-hydrogen) atoms. The minimum atomic E-state index is -0.522. The zero-order valence-electron chi connectivity index (χ0n) is 13.7. The van der Waals surface area contributed by atoms with Gasteiger partial charge < -0.3 is 15.4 Å². The molecule has 0 spiro atoms. The van der Waals surface area contributed by atoms with Gasteiger partial charge in [-0.15, -0.1) is 0 Å². The van der Waals surface area contributed by atoms with E-state index in [-0.39, 0.29) is 18.0 Å². The van der Waals surface area contributed by atoms with E-state index in [0.717, 1.165) is 18.5 Å². The van der Waals surface area contributed by atoms with Crippen molar-refractivity contribution in [2.75, 3.05) is 18.4 Å². The van der Waals surface area contributed by atoms with E-state index in [1.54, 1.807) is 13.0 Å². The Hall–Kier alpha value is -1.95. The fraction of sp³-hybridized carbons (Fsp3) is 0.529. The second-order valence-electron chi connectivity index (χ2n) is 6.26. The Morgan fingerprint density at radius 1 is 1.42 bits per heavy atom. The van der Waals surface area contributed by atoms with Crippen LogP contribution in [0.3, 0.4) is 0 Å². The highest BCUT2D eigenvalue weighted by atomic mass is 35.5. The molecule has 1 aliphatic carbocycles. The predicted molar refractivity (Wildman–Crippen MR) is 92.5 cm³/mol. The molecule has 3 rings (SSSR count). The molecule has 1 aromatic carbocycles. The summed E-state index contributed by atoms with van der Waals surface area (Å²) in [5.41, 5.74) is 0.722. The van der Waals surface area contributed by atoms with E-state index in [1.165, 1.54) is 17.7 Å². The van der Waals surface area contributed by atoms with Gasteiger partial charge in [-0.2, -0.15) is 0 Å². The van der Waals surface area contributed by atoms with Gasteiger partial charge in [0.15, 0.2) is 0 Å². The summed E-state index contributed by atoms with van der Waals surface area (Å²) in [5, 5.41) is 6.23. The molecular formula is C17H22ClN3O3. The van der Waals surface area contributed by atoms with Crippen LogP contribution in [0.25, 0.3) is 0 Å². The largest absolute Gasteiger partial charge is 0.489 e. The second-order valence-corrected chi connectivity index (χ2v) is 6.66. The Balaban J connectivity index is 1.61. The molecule has 6 nitrogen and oxygen atoms in total. The van der Waals surface area contributed by atoms with Crippen LogP contribution in [-0.2, 0) is 4.79 Å². The van der Waals surface area contributed by atoms with Crippen LogP contribution in [0.2, 0.25) is 5.02 Å². The first-order chi connectivity index (χ1) is 11.5. The minimum Gasteiger partial charge on any atom is -0.489 e. The van der Waals surface area contributed by atoms with Gasteiger partial charge in [-0.25, -0.2) is 4.79 Å². The van der Waals surface area contributed by atoms with Gasteiger partial charge in [0, 0.05) is 18.8 Å². The number of halogens is 1. The Morgan fingerprint density at radius 3 is 2.79 bits per heavy atom. The Labute approximate surface area is 146 Å². The monoisotopic (exact) mass is 351 g/mol. The SMILES string of the molecule is C[C@@H](Nc1ccc(OC2CCCC2)c(Cl)c1)C(=O)N1CCNC1=O. The fourth-order valence-corrected chi connectivity index (χ4v) is 3.32. The molecule has 2 N–H and O–H groups in total. The molecule has 1 atom stereocenters. The van der Waals surface area contributed by atoms with Gasteiger partial charge in [-0.1, -0.05) is 11.6 Å². The summed E-state index contributed by atoms with van der Waals surface area (Å²) in [6.45, 7) is 2.62. The summed E-state index contributed by atoms with van der Waals surface area (Å²) in [6, 6.07) is 4.55. The van der Waals surface area contributed by atoms with Crippen molar-refractivity contribution in [1.82, 2.24) is 10.2 Å². The Morgan fingerprint density at radius 2 is 2.17 bits per heavy atom. The van der Waals surface area contributed by atoms with Gasteiger partial charge in [0.05, 0.1) is 11.1 Å². The van der Waals surface area contributed by atoms with E-state index in [2.05, 4.69) is 10.6 Å². The standard InChI is InChI=1S/C17H22ClN3O3/c1-11(16(22)21-9-8-19-17(21)23)20-12-6-7-15(14(18)10-12)24-13-4-2-3-5-13/h6-7,10-11,13,20H,2-5,8-9H2,1H3,(H,19,23)/t11-/m1/s1. The third kappa shape index (κ3) is 3.75. The van der Waals surface area contributed by atoms with Gasteiger partial charge in [-0.05, 0) is 50.8 Å². The molecule has 1 aliphatic heterocycles. The van der Waals surface area contributed by atoms with Crippen LogP contribution in [0, 0.1) is 0 Å². The van der Waals surface area contributed by atoms with Crippen LogP contribution in [0.15, 0.2) is 18.2 Å². The number of hydrogen-bond donors (Lipinski definition) is 2. The number of nitrogens with one attached hydrogen (secondary N) is 2. The van der Waals surface area contributed by atoms with Crippen molar-refractivity contribution in [2.45, 2.75) is 44.8 Å². The molecule has 2 fully saturated rings. The molecular weight excluding hydrogens is 330 g/mol. The molecule has 1 heterocycles. The summed E-state index contributed by atoms with van der Waals surface area (Å²) in [5.74, 6) is 0.416. The third-order valence-corrected chi connectivity index (χ3v) is 4.70. The van der Waals surface area contributed by atoms with Crippen LogP contribution in [-0.4, -0.2) is 42.1 Å². The van der Waals surface area contributed by atoms with E-state index in [1.807, 2.05) is 12.1 Å². The Kier molecular flexibility index (Phi) is 5.14. The lowest BCUT2D eigenvalue weighted by molar-refractivity contribution is -0.128. The molecule has 7 heteroatoms. The average molecular weight is 352 g/mol. The highest BCUT2D eigenvalue weighted by Crippen LogP contribution is 2.32. The number of urea groups is 1. The van der Waals surface area contributed by atoms with E-state index in [9.17, 15) is 9.59 Å². The number of hydrogen-bond acceptors (Lipinski definition) is 4. The van der Waals surface area contributed by atoms with Crippen LogP contribution < -0.4 is 15.4 Å². The van der Waals surface area contributed by atoms with Gasteiger partial charge in [0.25, 0.3) is 5.91 Å². The number of nitrogens with zero attached hydrogens (tertiary/aromatic N) is 1. The van der Waals surface area contributed by atoms with Crippen LogP contribution in [0.4, 0.5) is 10.5 Å². The zero-order valence-corrected chi connectivity index (χ0v) is 14.4. The highest BCUT2D eigenvalue weighted by molar-refractivity contribution is 6.32. The van der Waals surface area contributed by atoms with Crippen molar-refractivity contribution >= 4 is 29.2 Å². The molecule has 1 saturated heterocycles. The van der Waals surface area contributed by atoms with E-state index < -0.39 is 6.04 Å². The topological polar surface area (TPSA) is 70.7 Å². The van der Waals surface area contributed by atoms with Crippen molar-refractivity contribution in [3.63, 3.8) is 0 Å². The maximum atomic E-state index is 12.3. The smallest absolute Gasteiger partial charge is 0.324 e. The van der Waals surface area contributed by atoms with Crippen molar-refractivity contribution in [3.05, 3.63) is 23.2 Å². The Bertz CT molecular complexity index is 632. The number of imide groups is 1. The van der Waals surface area contributed by atoms with Crippen molar-refractivity contribution in [1.29, 1.82) is 0 Å². The number of anilines is 1. The van der Waals surface area contributed by atoms with Gasteiger partial charge in [0.2, 0.25) is 0 Å². The molecule has 2 aliphatic rings. The highest BCUT2D eigenvalue weighted by Gasteiger charge is 2.29. The van der Waals surface area contributed by atoms with Crippen molar-refractivity contribution in [3.8, 4) is 5.75 Å². The molecule has 0 radical (unpaired) electrons. The number of carbonyl (C=O) groups is 2. The number of benzene rings is 1. The van der Waals surface area contributed by atoms with Gasteiger partial charge in [0.1, 0.15) is 11.8 Å². The van der Waals surface area contributed by atoms with Crippen LogP contribution in [0.5, 0.6) is 5.75 Å². The average Bonchev–Trinajstić information content (AvgIpc) is 3.20. The van der Waals surface area contributed by atoms with E-state index >= 15 is 0 Å². The third-order valence-electron chi connectivity index (χ3n) is 4.40. The molecule has 0 aromatic heterocycles. The molecule has 1 aromatic rings. The first-order valence-electron chi connectivity index (χ1n) is 8.36. The normalized spacial score (nSPS) is 19.2. The predicted octanol–water partition coefficient (Wildman–Crippen LogP) is 3.01. The molecule has 130 valence electrons. The summed E-state index contributed by atoms with van der Waals surface area (Å²) >= 11 is 6.30. The lowest BCUT2D eigenvalue weighted by Crippen LogP contribution is -2.43. The molecule has 0 bridgehead atoms. The lowest BCUT2D eigenvalue weighted by Gasteiger charge is -2.20. The summed E-state index contributed by atoms with van der Waals surface area (Å²) in [4.78, 5) is 25.1. The first kappa shape index (κ1) is 16.9. The molecule has 3 amide bonds. The van der Waals surface area contributed by atoms with Gasteiger partial charge in [-0.3, -0.25) is 9.69 Å². The van der Waals surface area contributed by atoms with Crippen LogP contribution in [0.1, 0.15) is 32.6 Å². The van der Waals surface area contributed by atoms with Crippen molar-refractivity contribution < 1.29 is 14.3 Å². The number of amides is 3. The van der Waals surface area contributed by atoms with E-state index in [0.29, 0.717) is 23.9 Å². The van der Waals surface area contributed by atoms with Gasteiger partial charge >= 0.3 is 6.03 Å². The molecule has 0 unspecified atom stereocenters. The van der Waals surface area contributed by atoms with E-state index in [4.69, 9.17) is 16.3 Å². The maximum absolute atomic E-state index is 12.3.